The number of fused-ring (bicyclic) bond motifs is 6. The molecule has 1 spiro atoms. The van der Waals surface area contributed by atoms with E-state index in [-0.39, 0.29) is 11.9 Å². The van der Waals surface area contributed by atoms with Crippen molar-refractivity contribution in [1.82, 2.24) is 5.32 Å². The highest BCUT2D eigenvalue weighted by Crippen LogP contribution is 2.62. The quantitative estimate of drug-likeness (QED) is 0.235. The van der Waals surface area contributed by atoms with Gasteiger partial charge in [-0.1, -0.05) is 82.2 Å². The molecule has 6 heteroatoms. The Kier molecular flexibility index (Phi) is 4.94. The van der Waals surface area contributed by atoms with Crippen molar-refractivity contribution in [1.29, 1.82) is 0 Å². The second kappa shape index (κ2) is 8.13. The zero-order valence-corrected chi connectivity index (χ0v) is 21.6. The topological polar surface area (TPSA) is 58.6 Å². The Morgan fingerprint density at radius 1 is 0.892 bits per heavy atom. The first kappa shape index (κ1) is 22.5. The molecule has 0 radical (unpaired) electrons. The molecule has 0 aliphatic carbocycles. The lowest BCUT2D eigenvalue weighted by Gasteiger charge is -2.35. The molecular weight excluding hydrogens is 528 g/mol. The van der Waals surface area contributed by atoms with Gasteiger partial charge in [0.05, 0.1) is 11.6 Å². The largest absolute Gasteiger partial charge is 0.426 e. The summed E-state index contributed by atoms with van der Waals surface area (Å²) in [6, 6.07) is 31.0. The number of carbonyl (C=O) groups is 2. The van der Waals surface area contributed by atoms with Crippen LogP contribution in [-0.4, -0.2) is 11.9 Å². The molecule has 0 unspecified atom stereocenters. The summed E-state index contributed by atoms with van der Waals surface area (Å²) in [5.74, 6) is -0.959. The maximum absolute atomic E-state index is 14.8. The highest BCUT2D eigenvalue weighted by Gasteiger charge is 2.68. The molecule has 4 aromatic carbocycles. The van der Waals surface area contributed by atoms with Crippen molar-refractivity contribution >= 4 is 39.2 Å². The Morgan fingerprint density at radius 2 is 1.62 bits per heavy atom. The van der Waals surface area contributed by atoms with E-state index < -0.39 is 23.4 Å². The van der Waals surface area contributed by atoms with E-state index in [9.17, 15) is 9.59 Å². The maximum Gasteiger partial charge on any atom is 0.317 e. The number of para-hydroxylation sites is 2. The third kappa shape index (κ3) is 3.12. The predicted molar refractivity (Wildman–Crippen MR) is 145 cm³/mol. The van der Waals surface area contributed by atoms with Crippen molar-refractivity contribution in [3.8, 4) is 5.75 Å². The molecule has 1 fully saturated rings. The summed E-state index contributed by atoms with van der Waals surface area (Å²) in [7, 11) is 0. The molecule has 1 N–H and O–H groups in total. The molecule has 3 heterocycles. The average Bonchev–Trinajstić information content (AvgIpc) is 3.40. The van der Waals surface area contributed by atoms with Crippen molar-refractivity contribution in [3.63, 3.8) is 0 Å². The monoisotopic (exact) mass is 550 g/mol. The van der Waals surface area contributed by atoms with Gasteiger partial charge in [0.15, 0.2) is 0 Å². The van der Waals surface area contributed by atoms with Gasteiger partial charge in [-0.05, 0) is 48.9 Å². The van der Waals surface area contributed by atoms with E-state index in [0.717, 1.165) is 38.1 Å². The summed E-state index contributed by atoms with van der Waals surface area (Å²) in [5.41, 5.74) is 4.27. The second-order valence-corrected chi connectivity index (χ2v) is 10.9. The number of esters is 1. The first-order chi connectivity index (χ1) is 18.0. The van der Waals surface area contributed by atoms with Crippen LogP contribution in [0.4, 0.5) is 11.4 Å². The first-order valence-corrected chi connectivity index (χ1v) is 13.1. The van der Waals surface area contributed by atoms with Gasteiger partial charge < -0.3 is 4.74 Å². The van der Waals surface area contributed by atoms with Crippen LogP contribution in [0, 0.1) is 12.8 Å². The summed E-state index contributed by atoms with van der Waals surface area (Å²) in [5, 5.41) is 3.73. The summed E-state index contributed by atoms with van der Waals surface area (Å²) in [6.45, 7) is 2.03. The van der Waals surface area contributed by atoms with E-state index in [4.69, 9.17) is 4.74 Å². The Hall–Kier alpha value is -3.74. The molecule has 0 saturated carbocycles. The predicted octanol–water partition coefficient (Wildman–Crippen LogP) is 6.29. The van der Waals surface area contributed by atoms with Crippen molar-refractivity contribution in [2.45, 2.75) is 24.4 Å². The maximum atomic E-state index is 14.8. The Morgan fingerprint density at radius 3 is 2.41 bits per heavy atom. The van der Waals surface area contributed by atoms with Crippen molar-refractivity contribution in [3.05, 3.63) is 124 Å². The van der Waals surface area contributed by atoms with Gasteiger partial charge in [0.25, 0.3) is 5.91 Å². The smallest absolute Gasteiger partial charge is 0.317 e. The van der Waals surface area contributed by atoms with E-state index >= 15 is 0 Å². The number of nitrogens with zero attached hydrogens (tertiary/aromatic N) is 1. The van der Waals surface area contributed by atoms with Crippen LogP contribution in [0.1, 0.15) is 34.2 Å². The number of nitrogens with one attached hydrogen (secondary N) is 1. The number of benzene rings is 4. The number of halogens is 1. The fourth-order valence-electron chi connectivity index (χ4n) is 6.36. The van der Waals surface area contributed by atoms with Crippen LogP contribution in [0.3, 0.4) is 0 Å². The minimum atomic E-state index is -1.15. The van der Waals surface area contributed by atoms with Crippen LogP contribution in [0.5, 0.6) is 5.75 Å². The van der Waals surface area contributed by atoms with Gasteiger partial charge >= 0.3 is 5.97 Å². The Bertz CT molecular complexity index is 1570. The fourth-order valence-corrected chi connectivity index (χ4v) is 6.74. The van der Waals surface area contributed by atoms with Crippen molar-refractivity contribution < 1.29 is 14.3 Å². The number of carbonyl (C=O) groups excluding carboxylic acids is 2. The Balaban J connectivity index is 1.51. The SMILES string of the molecule is Cc1ccc([C@H]2N[C@]3(C(=O)N(c4ccccc4)c4ccccc43)[C@@H]3c4cc(Br)ccc4OC(=O)[C@H]23)cc1. The molecular formula is C31H23BrN2O3. The Labute approximate surface area is 223 Å². The molecule has 7 rings (SSSR count). The normalized spacial score (nSPS) is 25.6. The van der Waals surface area contributed by atoms with Gasteiger partial charge in [0.2, 0.25) is 0 Å². The standard InChI is InChI=1S/C31H23BrN2O3/c1-18-11-13-19(14-12-18)28-26-27(22-17-20(32)15-16-25(22)37-29(26)35)31(33-28)23-9-5-6-10-24(23)34(30(31)36)21-7-3-2-4-8-21/h2-17,26-28,33H,1H3/t26-,27+,28+,31-/m0/s1. The van der Waals surface area contributed by atoms with E-state index in [2.05, 4.69) is 21.2 Å². The summed E-state index contributed by atoms with van der Waals surface area (Å²) in [4.78, 5) is 30.2. The lowest BCUT2D eigenvalue weighted by atomic mass is 9.70. The van der Waals surface area contributed by atoms with Gasteiger partial charge in [-0.15, -0.1) is 0 Å². The minimum absolute atomic E-state index is 0.0925. The molecule has 3 aliphatic rings. The number of amides is 1. The second-order valence-electron chi connectivity index (χ2n) is 9.94. The fraction of sp³-hybridized carbons (Fsp3) is 0.161. The number of ether oxygens (including phenoxy) is 1. The highest BCUT2D eigenvalue weighted by molar-refractivity contribution is 9.10. The lowest BCUT2D eigenvalue weighted by Crippen LogP contribution is -2.50. The minimum Gasteiger partial charge on any atom is -0.426 e. The van der Waals surface area contributed by atoms with Crippen molar-refractivity contribution in [2.24, 2.45) is 5.92 Å². The number of hydrogen-bond donors (Lipinski definition) is 1. The summed E-state index contributed by atoms with van der Waals surface area (Å²) >= 11 is 3.61. The summed E-state index contributed by atoms with van der Waals surface area (Å²) in [6.07, 6.45) is 0. The first-order valence-electron chi connectivity index (χ1n) is 12.3. The van der Waals surface area contributed by atoms with E-state index in [0.29, 0.717) is 5.75 Å². The average molecular weight is 551 g/mol. The van der Waals surface area contributed by atoms with Gasteiger partial charge in [0, 0.05) is 33.2 Å². The van der Waals surface area contributed by atoms with Gasteiger partial charge in [-0.25, -0.2) is 0 Å². The van der Waals surface area contributed by atoms with E-state index in [1.807, 2.05) is 97.9 Å². The van der Waals surface area contributed by atoms with Gasteiger partial charge in [-0.3, -0.25) is 19.8 Å². The van der Waals surface area contributed by atoms with Crippen LogP contribution < -0.4 is 15.0 Å². The number of hydrogen-bond acceptors (Lipinski definition) is 4. The zero-order chi connectivity index (χ0) is 25.3. The van der Waals surface area contributed by atoms with Crippen molar-refractivity contribution in [2.75, 3.05) is 4.90 Å². The zero-order valence-electron chi connectivity index (χ0n) is 20.0. The van der Waals surface area contributed by atoms with Gasteiger partial charge in [-0.2, -0.15) is 0 Å². The molecule has 4 atom stereocenters. The molecule has 182 valence electrons. The molecule has 1 saturated heterocycles. The van der Waals surface area contributed by atoms with E-state index in [1.54, 1.807) is 11.0 Å². The van der Waals surface area contributed by atoms with Crippen LogP contribution in [0.15, 0.2) is 102 Å². The third-order valence-corrected chi connectivity index (χ3v) is 8.41. The van der Waals surface area contributed by atoms with Crippen LogP contribution in [0.2, 0.25) is 0 Å². The number of anilines is 2. The molecule has 37 heavy (non-hydrogen) atoms. The van der Waals surface area contributed by atoms with E-state index in [1.165, 1.54) is 0 Å². The highest BCUT2D eigenvalue weighted by atomic mass is 79.9. The molecule has 4 aromatic rings. The molecule has 1 amide bonds. The molecule has 3 aliphatic heterocycles. The third-order valence-electron chi connectivity index (χ3n) is 7.92. The van der Waals surface area contributed by atoms with Crippen LogP contribution in [-0.2, 0) is 15.1 Å². The number of aryl methyl sites for hydroxylation is 1. The molecule has 0 bridgehead atoms. The molecule has 0 aromatic heterocycles. The summed E-state index contributed by atoms with van der Waals surface area (Å²) < 4.78 is 6.76. The number of rotatable bonds is 2. The van der Waals surface area contributed by atoms with Crippen LogP contribution in [0.25, 0.3) is 0 Å². The lowest BCUT2D eigenvalue weighted by molar-refractivity contribution is -0.141. The van der Waals surface area contributed by atoms with Gasteiger partial charge in [0.1, 0.15) is 11.3 Å². The molecule has 5 nitrogen and oxygen atoms in total. The van der Waals surface area contributed by atoms with Crippen LogP contribution >= 0.6 is 15.9 Å².